The van der Waals surface area contributed by atoms with Crippen LogP contribution in [0.1, 0.15) is 161 Å². The minimum absolute atomic E-state index is 0.0764. The van der Waals surface area contributed by atoms with Crippen LogP contribution in [0.15, 0.2) is 59.1 Å². The smallest absolute Gasteiger partial charge is 0.308 e. The lowest BCUT2D eigenvalue weighted by Crippen LogP contribution is -2.40. The fraction of sp³-hybridized carbons (Fsp3) is 0.745. The van der Waals surface area contributed by atoms with Crippen molar-refractivity contribution in [3.8, 4) is 0 Å². The van der Waals surface area contributed by atoms with E-state index in [9.17, 15) is 14.7 Å². The molecular formula is C51H78N2O5S. The molecule has 2 aliphatic heterocycles. The average molecular weight is 831 g/mol. The highest BCUT2D eigenvalue weighted by atomic mass is 32.1. The minimum Gasteiger partial charge on any atom is -0.462 e. The number of nitrogens with zero attached hydrogens (tertiary/aromatic N) is 1. The van der Waals surface area contributed by atoms with Crippen LogP contribution in [0, 0.1) is 41.4 Å². The number of aliphatic hydroxyl groups is 1. The van der Waals surface area contributed by atoms with Crippen molar-refractivity contribution in [2.45, 2.75) is 186 Å². The van der Waals surface area contributed by atoms with Crippen molar-refractivity contribution in [2.24, 2.45) is 46.4 Å². The van der Waals surface area contributed by atoms with Gasteiger partial charge in [-0.25, -0.2) is 4.99 Å². The molecule has 6 aliphatic rings. The van der Waals surface area contributed by atoms with Crippen LogP contribution in [0.5, 0.6) is 0 Å². The third-order valence-corrected chi connectivity index (χ3v) is 14.7. The van der Waals surface area contributed by atoms with Gasteiger partial charge in [0.25, 0.3) is 0 Å². The molecule has 7 rings (SSSR count). The number of benzene rings is 1. The molecule has 59 heavy (non-hydrogen) atoms. The highest BCUT2D eigenvalue weighted by molar-refractivity contribution is 7.78. The number of nitrogens with one attached hydrogen (secondary N) is 1. The molecule has 0 spiro atoms. The molecule has 1 unspecified atom stereocenters. The molecule has 0 aromatic heterocycles. The number of hydrogen-bond donors (Lipinski definition) is 2. The molecule has 0 amide bonds. The van der Waals surface area contributed by atoms with Crippen molar-refractivity contribution < 1.29 is 24.2 Å². The Kier molecular flexibility index (Phi) is 20.9. The van der Waals surface area contributed by atoms with E-state index in [1.54, 1.807) is 25.7 Å². The van der Waals surface area contributed by atoms with E-state index in [2.05, 4.69) is 65.0 Å². The Morgan fingerprint density at radius 2 is 1.68 bits per heavy atom. The number of isothiocyanates is 1. The number of thiocarbonyl (C=S) groups is 1. The number of aliphatic imine (C=N–C) groups is 1. The zero-order valence-corrected chi connectivity index (χ0v) is 37.7. The van der Waals surface area contributed by atoms with E-state index in [1.807, 2.05) is 32.0 Å². The number of aliphatic hydroxyl groups excluding tert-OH is 1. The van der Waals surface area contributed by atoms with Gasteiger partial charge >= 0.3 is 11.9 Å². The molecule has 328 valence electrons. The monoisotopic (exact) mass is 831 g/mol. The lowest BCUT2D eigenvalue weighted by atomic mass is 9.66. The van der Waals surface area contributed by atoms with Gasteiger partial charge in [0, 0.05) is 18.4 Å². The molecule has 8 heteroatoms. The van der Waals surface area contributed by atoms with Gasteiger partial charge < -0.3 is 19.9 Å². The standard InChI is InChI=1S/C23H34O5.C19H35N.C9H9NS/c1-4-14(2)23(26)28-20-7-5-6-16-9-8-15(3)19(22(16)20)11-10-18-12-17(24)13-21(25)27-18;1-3-9-16(10-4-1)19(17-11-5-2-6-12-17)15-18-13-7-8-14-20-18;11-8-10-7-6-9-4-2-1-3-5-9/h6,8-9,14-15,17-20,22,24H,4-5,7,10-13H2,1-3H3;16-20H,1-15H2;1-5H,6-7H2/t14-,15-,17+,18+,19-,20-,22-;;/m0../s1. The number of carbonyl (C=O) groups is 2. The van der Waals surface area contributed by atoms with Crippen molar-refractivity contribution in [2.75, 3.05) is 13.1 Å². The summed E-state index contributed by atoms with van der Waals surface area (Å²) in [5, 5.41) is 16.0. The van der Waals surface area contributed by atoms with Gasteiger partial charge in [-0.1, -0.05) is 140 Å². The zero-order valence-electron chi connectivity index (χ0n) is 36.9. The number of carbonyl (C=O) groups excluding carboxylic acids is 2. The van der Waals surface area contributed by atoms with Crippen molar-refractivity contribution in [3.63, 3.8) is 0 Å². The van der Waals surface area contributed by atoms with Gasteiger partial charge in [0.05, 0.1) is 30.1 Å². The predicted molar refractivity (Wildman–Crippen MR) is 243 cm³/mol. The molecule has 2 heterocycles. The van der Waals surface area contributed by atoms with Gasteiger partial charge in [-0.15, -0.1) is 0 Å². The quantitative estimate of drug-likeness (QED) is 0.116. The third-order valence-electron chi connectivity index (χ3n) is 14.6. The lowest BCUT2D eigenvalue weighted by Gasteiger charge is -2.42. The van der Waals surface area contributed by atoms with Crippen molar-refractivity contribution in [3.05, 3.63) is 59.7 Å². The largest absolute Gasteiger partial charge is 0.462 e. The van der Waals surface area contributed by atoms with Crippen LogP contribution in [0.3, 0.4) is 0 Å². The Balaban J connectivity index is 0.000000185. The summed E-state index contributed by atoms with van der Waals surface area (Å²) >= 11 is 4.45. The fourth-order valence-electron chi connectivity index (χ4n) is 11.0. The first-order valence-electron chi connectivity index (χ1n) is 24.0. The Morgan fingerprint density at radius 1 is 0.983 bits per heavy atom. The molecule has 0 radical (unpaired) electrons. The van der Waals surface area contributed by atoms with Gasteiger partial charge in [0.2, 0.25) is 0 Å². The molecule has 1 aromatic rings. The Morgan fingerprint density at radius 3 is 2.31 bits per heavy atom. The maximum Gasteiger partial charge on any atom is 0.308 e. The first-order chi connectivity index (χ1) is 28.7. The summed E-state index contributed by atoms with van der Waals surface area (Å²) in [5.74, 6) is 3.65. The maximum absolute atomic E-state index is 12.4. The number of piperidine rings is 1. The van der Waals surface area contributed by atoms with E-state index >= 15 is 0 Å². The molecule has 4 fully saturated rings. The topological polar surface area (TPSA) is 97.2 Å². The van der Waals surface area contributed by atoms with Gasteiger partial charge in [0.1, 0.15) is 12.2 Å². The highest BCUT2D eigenvalue weighted by Crippen LogP contribution is 2.45. The van der Waals surface area contributed by atoms with Crippen LogP contribution < -0.4 is 5.32 Å². The number of rotatable bonds is 13. The molecule has 8 atom stereocenters. The Bertz CT molecular complexity index is 1470. The summed E-state index contributed by atoms with van der Waals surface area (Å²) in [6, 6.07) is 11.1. The van der Waals surface area contributed by atoms with Crippen molar-refractivity contribution >= 4 is 29.3 Å². The first-order valence-corrected chi connectivity index (χ1v) is 24.4. The van der Waals surface area contributed by atoms with Crippen LogP contribution in [0.2, 0.25) is 0 Å². The second-order valence-electron chi connectivity index (χ2n) is 18.8. The summed E-state index contributed by atoms with van der Waals surface area (Å²) in [7, 11) is 0. The maximum atomic E-state index is 12.4. The fourth-order valence-corrected chi connectivity index (χ4v) is 11.1. The average Bonchev–Trinajstić information content (AvgIpc) is 3.26. The number of ether oxygens (including phenoxy) is 2. The van der Waals surface area contributed by atoms with Gasteiger partial charge in [-0.2, -0.15) is 0 Å². The molecule has 2 saturated carbocycles. The molecule has 2 N–H and O–H groups in total. The number of fused-ring (bicyclic) bond motifs is 1. The van der Waals surface area contributed by atoms with Crippen molar-refractivity contribution in [1.29, 1.82) is 0 Å². The number of allylic oxidation sites excluding steroid dienone is 3. The molecule has 7 nitrogen and oxygen atoms in total. The predicted octanol–water partition coefficient (Wildman–Crippen LogP) is 11.6. The second-order valence-corrected chi connectivity index (χ2v) is 19.0. The van der Waals surface area contributed by atoms with Crippen LogP contribution >= 0.6 is 12.2 Å². The number of esters is 2. The van der Waals surface area contributed by atoms with Crippen molar-refractivity contribution in [1.82, 2.24) is 5.32 Å². The second kappa shape index (κ2) is 26.0. The molecule has 0 bridgehead atoms. The van der Waals surface area contributed by atoms with Crippen LogP contribution in [0.4, 0.5) is 0 Å². The summed E-state index contributed by atoms with van der Waals surface area (Å²) < 4.78 is 11.4. The normalized spacial score (nSPS) is 29.2. The Labute approximate surface area is 363 Å². The summed E-state index contributed by atoms with van der Waals surface area (Å²) in [6.45, 7) is 8.17. The van der Waals surface area contributed by atoms with E-state index in [0.717, 1.165) is 68.9 Å². The van der Waals surface area contributed by atoms with Gasteiger partial charge in [-0.3, -0.25) is 9.59 Å². The van der Waals surface area contributed by atoms with E-state index in [4.69, 9.17) is 9.47 Å². The first kappa shape index (κ1) is 47.4. The summed E-state index contributed by atoms with van der Waals surface area (Å²) in [4.78, 5) is 27.9. The highest BCUT2D eigenvalue weighted by Gasteiger charge is 2.41. The number of cyclic esters (lactones) is 1. The van der Waals surface area contributed by atoms with Gasteiger partial charge in [0.15, 0.2) is 0 Å². The summed E-state index contributed by atoms with van der Waals surface area (Å²) in [6.07, 6.45) is 32.7. The Hall–Kier alpha value is -2.64. The van der Waals surface area contributed by atoms with Crippen LogP contribution in [-0.4, -0.2) is 59.6 Å². The van der Waals surface area contributed by atoms with Gasteiger partial charge in [-0.05, 0) is 117 Å². The third kappa shape index (κ3) is 15.6. The van der Waals surface area contributed by atoms with E-state index in [-0.39, 0.29) is 42.4 Å². The number of hydrogen-bond acceptors (Lipinski definition) is 8. The van der Waals surface area contributed by atoms with Crippen LogP contribution in [0.25, 0.3) is 0 Å². The molecule has 1 aromatic carbocycles. The SMILES string of the molecule is C1CCC(C(CC2CCCCN2)C2CCCCC2)CC1.CC[C@H](C)C(=O)O[C@H]1CCC=C2C=C[C@H](C)[C@H](CC[C@@H]3C[C@@H](O)CC(=O)O3)[C@H]21.S=C=NCCc1ccccc1. The molecule has 4 aliphatic carbocycles. The molecular weight excluding hydrogens is 753 g/mol. The van der Waals surface area contributed by atoms with Crippen LogP contribution in [-0.2, 0) is 25.5 Å². The summed E-state index contributed by atoms with van der Waals surface area (Å²) in [5.41, 5.74) is 2.57. The minimum atomic E-state index is -0.593. The van der Waals surface area contributed by atoms with E-state index in [0.29, 0.717) is 18.3 Å². The lowest BCUT2D eigenvalue weighted by molar-refractivity contribution is -0.162. The molecule has 2 saturated heterocycles. The van der Waals surface area contributed by atoms with E-state index in [1.165, 1.54) is 81.9 Å². The van der Waals surface area contributed by atoms with E-state index < -0.39 is 6.10 Å². The zero-order chi connectivity index (χ0) is 41.8.